The summed E-state index contributed by atoms with van der Waals surface area (Å²) in [4.78, 5) is 18.8. The third-order valence-corrected chi connectivity index (χ3v) is 6.87. The average Bonchev–Trinajstić information content (AvgIpc) is 2.87. The molecule has 0 spiro atoms. The van der Waals surface area contributed by atoms with Crippen LogP contribution in [-0.2, 0) is 22.4 Å². The Balaban J connectivity index is 1.70. The Hall–Kier alpha value is -0.980. The van der Waals surface area contributed by atoms with E-state index < -0.39 is 5.54 Å². The summed E-state index contributed by atoms with van der Waals surface area (Å²) in [5.74, 6) is -0.134. The number of carbonyl (C=O) groups is 1. The Morgan fingerprint density at radius 3 is 2.71 bits per heavy atom. The van der Waals surface area contributed by atoms with Crippen molar-refractivity contribution >= 4 is 22.4 Å². The van der Waals surface area contributed by atoms with Crippen LogP contribution in [0.15, 0.2) is 0 Å². The van der Waals surface area contributed by atoms with Crippen LogP contribution in [0.4, 0.5) is 5.13 Å². The fourth-order valence-electron chi connectivity index (χ4n) is 3.79. The number of ether oxygens (including phenoxy) is 1. The standard InChI is InChI=1S/C18H29N3O2S/c1-4-23-14-11-18(19,17(14,2)3)15(22)21-16-20-12-9-7-5-6-8-10-13(12)24-16/h14H,4-11,19H2,1-3H3,(H,20,21,22). The lowest BCUT2D eigenvalue weighted by Crippen LogP contribution is -2.74. The van der Waals surface area contributed by atoms with Crippen LogP contribution in [0.5, 0.6) is 0 Å². The number of nitrogens with zero attached hydrogens (tertiary/aromatic N) is 1. The number of nitrogens with two attached hydrogens (primary N) is 1. The predicted octanol–water partition coefficient (Wildman–Crippen LogP) is 3.27. The number of hydrogen-bond donors (Lipinski definition) is 2. The molecule has 3 N–H and O–H groups in total. The van der Waals surface area contributed by atoms with Gasteiger partial charge in [0.15, 0.2) is 5.13 Å². The summed E-state index contributed by atoms with van der Waals surface area (Å²) < 4.78 is 5.71. The van der Waals surface area contributed by atoms with Gasteiger partial charge in [0.2, 0.25) is 5.91 Å². The number of aromatic nitrogens is 1. The molecule has 0 saturated heterocycles. The minimum Gasteiger partial charge on any atom is -0.378 e. The molecule has 134 valence electrons. The number of hydrogen-bond acceptors (Lipinski definition) is 5. The van der Waals surface area contributed by atoms with Gasteiger partial charge in [0.05, 0.1) is 11.8 Å². The molecule has 2 aliphatic carbocycles. The molecular weight excluding hydrogens is 322 g/mol. The van der Waals surface area contributed by atoms with Gasteiger partial charge in [-0.25, -0.2) is 4.98 Å². The Morgan fingerprint density at radius 2 is 2.04 bits per heavy atom. The molecule has 1 heterocycles. The van der Waals surface area contributed by atoms with Gasteiger partial charge >= 0.3 is 0 Å². The number of anilines is 1. The maximum absolute atomic E-state index is 12.8. The third kappa shape index (κ3) is 3.00. The van der Waals surface area contributed by atoms with E-state index in [1.807, 2.05) is 20.8 Å². The van der Waals surface area contributed by atoms with Crippen molar-refractivity contribution in [3.05, 3.63) is 10.6 Å². The van der Waals surface area contributed by atoms with E-state index >= 15 is 0 Å². The lowest BCUT2D eigenvalue weighted by Gasteiger charge is -2.57. The van der Waals surface area contributed by atoms with Crippen molar-refractivity contribution in [3.63, 3.8) is 0 Å². The first-order valence-corrected chi connectivity index (χ1v) is 9.90. The van der Waals surface area contributed by atoms with E-state index in [1.54, 1.807) is 11.3 Å². The third-order valence-electron chi connectivity index (χ3n) is 5.80. The van der Waals surface area contributed by atoms with Gasteiger partial charge in [-0.2, -0.15) is 0 Å². The summed E-state index contributed by atoms with van der Waals surface area (Å²) in [5, 5.41) is 3.69. The molecule has 1 fully saturated rings. The second-order valence-corrected chi connectivity index (χ2v) is 8.68. The van der Waals surface area contributed by atoms with Crippen LogP contribution in [0, 0.1) is 5.41 Å². The fourth-order valence-corrected chi connectivity index (χ4v) is 4.83. The number of aryl methyl sites for hydroxylation is 2. The van der Waals surface area contributed by atoms with Gasteiger partial charge in [0, 0.05) is 23.3 Å². The van der Waals surface area contributed by atoms with Gasteiger partial charge in [-0.15, -0.1) is 11.3 Å². The Labute approximate surface area is 148 Å². The van der Waals surface area contributed by atoms with E-state index in [0.717, 1.165) is 12.8 Å². The van der Waals surface area contributed by atoms with Crippen molar-refractivity contribution in [2.24, 2.45) is 11.1 Å². The number of fused-ring (bicyclic) bond motifs is 1. The molecule has 5 nitrogen and oxygen atoms in total. The van der Waals surface area contributed by atoms with Crippen molar-refractivity contribution in [1.29, 1.82) is 0 Å². The highest BCUT2D eigenvalue weighted by Crippen LogP contribution is 2.50. The van der Waals surface area contributed by atoms with Gasteiger partial charge in [0.25, 0.3) is 0 Å². The van der Waals surface area contributed by atoms with Crippen LogP contribution in [-0.4, -0.2) is 29.1 Å². The lowest BCUT2D eigenvalue weighted by molar-refractivity contribution is -0.166. The van der Waals surface area contributed by atoms with Gasteiger partial charge in [-0.05, 0) is 32.6 Å². The summed E-state index contributed by atoms with van der Waals surface area (Å²) in [5.41, 5.74) is 6.35. The van der Waals surface area contributed by atoms with E-state index in [1.165, 1.54) is 36.3 Å². The molecule has 1 saturated carbocycles. The highest BCUT2D eigenvalue weighted by Gasteiger charge is 2.63. The molecule has 0 radical (unpaired) electrons. The monoisotopic (exact) mass is 351 g/mol. The number of amides is 1. The highest BCUT2D eigenvalue weighted by molar-refractivity contribution is 7.15. The smallest absolute Gasteiger partial charge is 0.246 e. The zero-order valence-corrected chi connectivity index (χ0v) is 15.8. The highest BCUT2D eigenvalue weighted by atomic mass is 32.1. The van der Waals surface area contributed by atoms with Gasteiger partial charge in [-0.3, -0.25) is 4.79 Å². The number of rotatable bonds is 4. The summed E-state index contributed by atoms with van der Waals surface area (Å²) in [7, 11) is 0. The number of nitrogens with one attached hydrogen (secondary N) is 1. The van der Waals surface area contributed by atoms with Crippen LogP contribution in [0.25, 0.3) is 0 Å². The lowest BCUT2D eigenvalue weighted by atomic mass is 9.54. The maximum atomic E-state index is 12.8. The molecule has 0 aromatic carbocycles. The van der Waals surface area contributed by atoms with Crippen molar-refractivity contribution in [2.45, 2.75) is 77.4 Å². The second kappa shape index (κ2) is 6.73. The number of thiazole rings is 1. The van der Waals surface area contributed by atoms with E-state index in [0.29, 0.717) is 18.2 Å². The first-order chi connectivity index (χ1) is 11.4. The molecule has 24 heavy (non-hydrogen) atoms. The second-order valence-electron chi connectivity index (χ2n) is 7.60. The van der Waals surface area contributed by atoms with E-state index in [9.17, 15) is 4.79 Å². The molecule has 1 aromatic heterocycles. The quantitative estimate of drug-likeness (QED) is 0.873. The van der Waals surface area contributed by atoms with E-state index in [-0.39, 0.29) is 17.4 Å². The summed E-state index contributed by atoms with van der Waals surface area (Å²) in [6.45, 7) is 6.64. The zero-order chi connectivity index (χ0) is 17.4. The Kier molecular flexibility index (Phi) is 5.00. The largest absolute Gasteiger partial charge is 0.378 e. The van der Waals surface area contributed by atoms with Gasteiger partial charge < -0.3 is 15.8 Å². The van der Waals surface area contributed by atoms with E-state index in [4.69, 9.17) is 10.5 Å². The first kappa shape index (κ1) is 17.8. The molecule has 6 heteroatoms. The maximum Gasteiger partial charge on any atom is 0.246 e. The molecule has 1 amide bonds. The van der Waals surface area contributed by atoms with Crippen molar-refractivity contribution in [1.82, 2.24) is 4.98 Å². The molecular formula is C18H29N3O2S. The molecule has 2 atom stereocenters. The zero-order valence-electron chi connectivity index (χ0n) is 15.0. The molecule has 3 rings (SSSR count). The average molecular weight is 352 g/mol. The summed E-state index contributed by atoms with van der Waals surface area (Å²) in [6, 6.07) is 0. The normalized spacial score (nSPS) is 29.1. The van der Waals surface area contributed by atoms with Crippen LogP contribution in [0.1, 0.15) is 63.4 Å². The SMILES string of the molecule is CCOC1CC(N)(C(=O)Nc2nc3c(s2)CCCCCC3)C1(C)C. The molecule has 1 aromatic rings. The van der Waals surface area contributed by atoms with Crippen LogP contribution in [0.3, 0.4) is 0 Å². The van der Waals surface area contributed by atoms with Crippen molar-refractivity contribution in [2.75, 3.05) is 11.9 Å². The summed E-state index contributed by atoms with van der Waals surface area (Å²) >= 11 is 1.62. The Bertz CT molecular complexity index is 588. The van der Waals surface area contributed by atoms with Crippen LogP contribution < -0.4 is 11.1 Å². The molecule has 0 bridgehead atoms. The van der Waals surface area contributed by atoms with Crippen molar-refractivity contribution in [3.8, 4) is 0 Å². The fraction of sp³-hybridized carbons (Fsp3) is 0.778. The molecule has 0 aliphatic heterocycles. The molecule has 2 aliphatic rings. The van der Waals surface area contributed by atoms with Crippen molar-refractivity contribution < 1.29 is 9.53 Å². The minimum atomic E-state index is -0.896. The Morgan fingerprint density at radius 1 is 1.33 bits per heavy atom. The van der Waals surface area contributed by atoms with Crippen LogP contribution in [0.2, 0.25) is 0 Å². The predicted molar refractivity (Wildman–Crippen MR) is 97.4 cm³/mol. The topological polar surface area (TPSA) is 77.2 Å². The number of carbonyl (C=O) groups excluding carboxylic acids is 1. The van der Waals surface area contributed by atoms with Crippen LogP contribution >= 0.6 is 11.3 Å². The molecule has 2 unspecified atom stereocenters. The van der Waals surface area contributed by atoms with Gasteiger partial charge in [-0.1, -0.05) is 26.7 Å². The van der Waals surface area contributed by atoms with Gasteiger partial charge in [0.1, 0.15) is 5.54 Å². The first-order valence-electron chi connectivity index (χ1n) is 9.09. The minimum absolute atomic E-state index is 0.0368. The van der Waals surface area contributed by atoms with E-state index in [2.05, 4.69) is 10.3 Å². The summed E-state index contributed by atoms with van der Waals surface area (Å²) in [6.07, 6.45) is 7.66.